The SMILES string of the molecule is COc1ccc(C=C2C(=O)NC(=O)N(c3ccccc3Cl)C2=O)cc1Br. The van der Waals surface area contributed by atoms with Gasteiger partial charge in [-0.25, -0.2) is 9.69 Å². The Labute approximate surface area is 162 Å². The molecule has 8 heteroatoms. The minimum Gasteiger partial charge on any atom is -0.496 e. The zero-order valence-electron chi connectivity index (χ0n) is 13.5. The summed E-state index contributed by atoms with van der Waals surface area (Å²) >= 11 is 9.44. The fourth-order valence-corrected chi connectivity index (χ4v) is 3.23. The molecule has 0 atom stereocenters. The van der Waals surface area contributed by atoms with Gasteiger partial charge < -0.3 is 4.74 Å². The van der Waals surface area contributed by atoms with E-state index < -0.39 is 17.8 Å². The van der Waals surface area contributed by atoms with Gasteiger partial charge in [0.25, 0.3) is 11.8 Å². The summed E-state index contributed by atoms with van der Waals surface area (Å²) in [5, 5.41) is 2.38. The van der Waals surface area contributed by atoms with Crippen LogP contribution in [-0.4, -0.2) is 25.0 Å². The predicted molar refractivity (Wildman–Crippen MR) is 101 cm³/mol. The first-order valence-electron chi connectivity index (χ1n) is 7.42. The summed E-state index contributed by atoms with van der Waals surface area (Å²) in [5.74, 6) is -0.909. The van der Waals surface area contributed by atoms with Crippen molar-refractivity contribution in [2.24, 2.45) is 0 Å². The average Bonchev–Trinajstić information content (AvgIpc) is 2.60. The number of amides is 4. The molecule has 2 aromatic carbocycles. The van der Waals surface area contributed by atoms with E-state index in [4.69, 9.17) is 16.3 Å². The molecule has 0 radical (unpaired) electrons. The van der Waals surface area contributed by atoms with E-state index in [0.717, 1.165) is 4.90 Å². The summed E-state index contributed by atoms with van der Waals surface area (Å²) in [5.41, 5.74) is 0.609. The summed E-state index contributed by atoms with van der Waals surface area (Å²) in [6, 6.07) is 10.6. The Balaban J connectivity index is 2.03. The van der Waals surface area contributed by atoms with Crippen molar-refractivity contribution in [3.8, 4) is 5.75 Å². The third-order valence-corrected chi connectivity index (χ3v) is 4.62. The number of nitrogens with one attached hydrogen (secondary N) is 1. The van der Waals surface area contributed by atoms with Crippen LogP contribution < -0.4 is 15.0 Å². The van der Waals surface area contributed by atoms with Crippen LogP contribution in [0, 0.1) is 0 Å². The Bertz CT molecular complexity index is 958. The van der Waals surface area contributed by atoms with Gasteiger partial charge in [0, 0.05) is 0 Å². The third-order valence-electron chi connectivity index (χ3n) is 3.68. The summed E-state index contributed by atoms with van der Waals surface area (Å²) in [6.07, 6.45) is 1.40. The third kappa shape index (κ3) is 3.36. The highest BCUT2D eigenvalue weighted by atomic mass is 79.9. The molecular formula is C18H12BrClN2O4. The van der Waals surface area contributed by atoms with Crippen molar-refractivity contribution in [1.29, 1.82) is 0 Å². The number of carbonyl (C=O) groups is 3. The van der Waals surface area contributed by atoms with Crippen molar-refractivity contribution in [2.75, 3.05) is 12.0 Å². The zero-order chi connectivity index (χ0) is 18.8. The molecule has 2 aromatic rings. The van der Waals surface area contributed by atoms with E-state index in [1.165, 1.54) is 19.3 Å². The lowest BCUT2D eigenvalue weighted by molar-refractivity contribution is -0.122. The van der Waals surface area contributed by atoms with Crippen molar-refractivity contribution in [2.45, 2.75) is 0 Å². The Morgan fingerprint density at radius 3 is 2.54 bits per heavy atom. The van der Waals surface area contributed by atoms with E-state index >= 15 is 0 Å². The number of rotatable bonds is 3. The molecule has 0 bridgehead atoms. The molecule has 1 N–H and O–H groups in total. The molecule has 1 heterocycles. The minimum atomic E-state index is -0.846. The van der Waals surface area contributed by atoms with Gasteiger partial charge in [0.05, 0.1) is 22.3 Å². The van der Waals surface area contributed by atoms with Gasteiger partial charge in [0.15, 0.2) is 0 Å². The Morgan fingerprint density at radius 2 is 1.88 bits per heavy atom. The Morgan fingerprint density at radius 1 is 1.15 bits per heavy atom. The normalized spacial score (nSPS) is 16.0. The second-order valence-electron chi connectivity index (χ2n) is 5.30. The molecule has 0 aromatic heterocycles. The predicted octanol–water partition coefficient (Wildman–Crippen LogP) is 3.78. The fraction of sp³-hybridized carbons (Fsp3) is 0.0556. The van der Waals surface area contributed by atoms with Crippen LogP contribution in [0.2, 0.25) is 5.02 Å². The quantitative estimate of drug-likeness (QED) is 0.588. The highest BCUT2D eigenvalue weighted by molar-refractivity contribution is 9.10. The molecule has 0 spiro atoms. The number of benzene rings is 2. The second kappa shape index (κ2) is 7.31. The van der Waals surface area contributed by atoms with Crippen LogP contribution in [0.5, 0.6) is 5.75 Å². The van der Waals surface area contributed by atoms with Gasteiger partial charge in [-0.3, -0.25) is 14.9 Å². The second-order valence-corrected chi connectivity index (χ2v) is 6.56. The van der Waals surface area contributed by atoms with Gasteiger partial charge in [0.2, 0.25) is 0 Å². The number of methoxy groups -OCH3 is 1. The number of imide groups is 2. The molecule has 0 saturated carbocycles. The smallest absolute Gasteiger partial charge is 0.335 e. The first kappa shape index (κ1) is 18.2. The molecule has 26 heavy (non-hydrogen) atoms. The van der Waals surface area contributed by atoms with E-state index in [9.17, 15) is 14.4 Å². The first-order chi connectivity index (χ1) is 12.4. The molecule has 1 fully saturated rings. The molecule has 4 amide bonds. The lowest BCUT2D eigenvalue weighted by Gasteiger charge is -2.27. The van der Waals surface area contributed by atoms with Crippen LogP contribution in [0.4, 0.5) is 10.5 Å². The number of hydrogen-bond donors (Lipinski definition) is 1. The Kier molecular flexibility index (Phi) is 5.11. The Hall–Kier alpha value is -2.64. The molecule has 1 saturated heterocycles. The van der Waals surface area contributed by atoms with Crippen LogP contribution in [0.3, 0.4) is 0 Å². The maximum absolute atomic E-state index is 12.8. The lowest BCUT2D eigenvalue weighted by Crippen LogP contribution is -2.54. The highest BCUT2D eigenvalue weighted by Crippen LogP contribution is 2.30. The number of anilines is 1. The van der Waals surface area contributed by atoms with Crippen LogP contribution in [0.15, 0.2) is 52.5 Å². The largest absolute Gasteiger partial charge is 0.496 e. The average molecular weight is 436 g/mol. The number of barbiturate groups is 1. The standard InChI is InChI=1S/C18H12BrClN2O4/c1-26-15-7-6-10(9-12(15)19)8-11-16(23)21-18(25)22(17(11)24)14-5-3-2-4-13(14)20/h2-9H,1H3,(H,21,23,25). The van der Waals surface area contributed by atoms with Gasteiger partial charge in [0.1, 0.15) is 11.3 Å². The highest BCUT2D eigenvalue weighted by Gasteiger charge is 2.37. The van der Waals surface area contributed by atoms with Gasteiger partial charge in [-0.1, -0.05) is 29.8 Å². The lowest BCUT2D eigenvalue weighted by atomic mass is 10.1. The summed E-state index contributed by atoms with van der Waals surface area (Å²) in [6.45, 7) is 0. The first-order valence-corrected chi connectivity index (χ1v) is 8.59. The molecule has 1 aliphatic rings. The van der Waals surface area contributed by atoms with Gasteiger partial charge in [-0.05, 0) is 51.8 Å². The van der Waals surface area contributed by atoms with Crippen molar-refractivity contribution >= 4 is 57.1 Å². The number of carbonyl (C=O) groups excluding carboxylic acids is 3. The fourth-order valence-electron chi connectivity index (χ4n) is 2.45. The van der Waals surface area contributed by atoms with Crippen molar-refractivity contribution in [1.82, 2.24) is 5.32 Å². The van der Waals surface area contributed by atoms with Crippen molar-refractivity contribution < 1.29 is 19.1 Å². The number of hydrogen-bond acceptors (Lipinski definition) is 4. The van der Waals surface area contributed by atoms with Crippen LogP contribution >= 0.6 is 27.5 Å². The molecule has 3 rings (SSSR count). The van der Waals surface area contributed by atoms with E-state index in [-0.39, 0.29) is 16.3 Å². The minimum absolute atomic E-state index is 0.179. The van der Waals surface area contributed by atoms with E-state index in [1.807, 2.05) is 0 Å². The van der Waals surface area contributed by atoms with E-state index in [2.05, 4.69) is 21.2 Å². The maximum atomic E-state index is 12.8. The molecule has 6 nitrogen and oxygen atoms in total. The number of nitrogens with zero attached hydrogens (tertiary/aromatic N) is 1. The monoisotopic (exact) mass is 434 g/mol. The van der Waals surface area contributed by atoms with Crippen LogP contribution in [0.25, 0.3) is 6.08 Å². The van der Waals surface area contributed by atoms with Gasteiger partial charge >= 0.3 is 6.03 Å². The maximum Gasteiger partial charge on any atom is 0.335 e. The molecular weight excluding hydrogens is 424 g/mol. The van der Waals surface area contributed by atoms with E-state index in [0.29, 0.717) is 15.8 Å². The number of halogens is 2. The summed E-state index contributed by atoms with van der Waals surface area (Å²) in [7, 11) is 1.53. The zero-order valence-corrected chi connectivity index (χ0v) is 15.8. The van der Waals surface area contributed by atoms with Gasteiger partial charge in [-0.15, -0.1) is 0 Å². The molecule has 132 valence electrons. The summed E-state index contributed by atoms with van der Waals surface area (Å²) < 4.78 is 5.82. The molecule has 0 unspecified atom stereocenters. The summed E-state index contributed by atoms with van der Waals surface area (Å²) in [4.78, 5) is 38.0. The van der Waals surface area contributed by atoms with Crippen molar-refractivity contribution in [3.05, 3.63) is 63.1 Å². The number of urea groups is 1. The van der Waals surface area contributed by atoms with E-state index in [1.54, 1.807) is 36.4 Å². The van der Waals surface area contributed by atoms with Gasteiger partial charge in [-0.2, -0.15) is 0 Å². The molecule has 0 aliphatic carbocycles. The van der Waals surface area contributed by atoms with Crippen molar-refractivity contribution in [3.63, 3.8) is 0 Å². The van der Waals surface area contributed by atoms with Crippen LogP contribution in [0.1, 0.15) is 5.56 Å². The number of para-hydroxylation sites is 1. The van der Waals surface area contributed by atoms with Crippen LogP contribution in [-0.2, 0) is 9.59 Å². The topological polar surface area (TPSA) is 75.7 Å². The number of ether oxygens (including phenoxy) is 1. The molecule has 1 aliphatic heterocycles.